The standard InChI is InChI=1S/C25H41NO/c1-3-4-5-6-20-9-11-21(12-10-20)22-13-15-23(16-14-22)25(27)26-24-17-7-19(2)8-18-24/h7,17-23H,3-6,8-16H2,1-2H3,(H,26,27). The summed E-state index contributed by atoms with van der Waals surface area (Å²) in [4.78, 5) is 12.6. The lowest BCUT2D eigenvalue weighted by Crippen LogP contribution is -2.34. The molecule has 1 atom stereocenters. The van der Waals surface area contributed by atoms with Crippen molar-refractivity contribution < 1.29 is 4.79 Å². The van der Waals surface area contributed by atoms with Crippen molar-refractivity contribution >= 4 is 5.91 Å². The number of rotatable bonds is 7. The van der Waals surface area contributed by atoms with Gasteiger partial charge in [-0.1, -0.05) is 64.5 Å². The Morgan fingerprint density at radius 3 is 2.26 bits per heavy atom. The van der Waals surface area contributed by atoms with E-state index in [1.165, 1.54) is 64.2 Å². The van der Waals surface area contributed by atoms with Gasteiger partial charge in [0, 0.05) is 11.6 Å². The van der Waals surface area contributed by atoms with Crippen LogP contribution in [0.5, 0.6) is 0 Å². The summed E-state index contributed by atoms with van der Waals surface area (Å²) in [5.74, 6) is 3.94. The van der Waals surface area contributed by atoms with Crippen LogP contribution in [0.1, 0.15) is 97.3 Å². The van der Waals surface area contributed by atoms with Crippen LogP contribution < -0.4 is 5.32 Å². The van der Waals surface area contributed by atoms with Gasteiger partial charge in [0.05, 0.1) is 0 Å². The van der Waals surface area contributed by atoms with Crippen molar-refractivity contribution in [1.29, 1.82) is 0 Å². The van der Waals surface area contributed by atoms with Crippen LogP contribution in [0, 0.1) is 29.6 Å². The van der Waals surface area contributed by atoms with Gasteiger partial charge in [-0.05, 0) is 74.7 Å². The Morgan fingerprint density at radius 2 is 1.67 bits per heavy atom. The third-order valence-electron chi connectivity index (χ3n) is 7.50. The first-order valence-electron chi connectivity index (χ1n) is 11.8. The second-order valence-corrected chi connectivity index (χ2v) is 9.61. The third kappa shape index (κ3) is 6.22. The number of allylic oxidation sites excluding steroid dienone is 3. The Morgan fingerprint density at radius 1 is 1.00 bits per heavy atom. The van der Waals surface area contributed by atoms with E-state index in [0.29, 0.717) is 5.92 Å². The molecular formula is C25H41NO. The van der Waals surface area contributed by atoms with Gasteiger partial charge in [-0.2, -0.15) is 0 Å². The molecule has 0 bridgehead atoms. The van der Waals surface area contributed by atoms with Crippen LogP contribution in [0.15, 0.2) is 23.9 Å². The molecule has 0 spiro atoms. The van der Waals surface area contributed by atoms with Gasteiger partial charge in [0.2, 0.25) is 5.91 Å². The van der Waals surface area contributed by atoms with Crippen LogP contribution in [0.2, 0.25) is 0 Å². The number of carbonyl (C=O) groups excluding carboxylic acids is 1. The van der Waals surface area contributed by atoms with Gasteiger partial charge >= 0.3 is 0 Å². The largest absolute Gasteiger partial charge is 0.326 e. The molecular weight excluding hydrogens is 330 g/mol. The van der Waals surface area contributed by atoms with E-state index in [1.54, 1.807) is 0 Å². The molecule has 0 aliphatic heterocycles. The van der Waals surface area contributed by atoms with Gasteiger partial charge in [-0.3, -0.25) is 4.79 Å². The lowest BCUT2D eigenvalue weighted by molar-refractivity contribution is -0.125. The Labute approximate surface area is 167 Å². The molecule has 0 aromatic carbocycles. The Bertz CT molecular complexity index is 518. The molecule has 2 saturated carbocycles. The summed E-state index contributed by atoms with van der Waals surface area (Å²) >= 11 is 0. The van der Waals surface area contributed by atoms with Gasteiger partial charge in [0.15, 0.2) is 0 Å². The quantitative estimate of drug-likeness (QED) is 0.491. The van der Waals surface area contributed by atoms with Crippen LogP contribution in [0.3, 0.4) is 0 Å². The average Bonchev–Trinajstić information content (AvgIpc) is 2.70. The minimum atomic E-state index is 0.236. The molecule has 3 aliphatic rings. The highest BCUT2D eigenvalue weighted by Crippen LogP contribution is 2.42. The van der Waals surface area contributed by atoms with Crippen LogP contribution in [0.25, 0.3) is 0 Å². The summed E-state index contributed by atoms with van der Waals surface area (Å²) < 4.78 is 0. The Balaban J connectivity index is 1.35. The topological polar surface area (TPSA) is 29.1 Å². The Hall–Kier alpha value is -1.05. The van der Waals surface area contributed by atoms with Gasteiger partial charge in [-0.25, -0.2) is 0 Å². The van der Waals surface area contributed by atoms with Crippen LogP contribution in [-0.2, 0) is 4.79 Å². The highest BCUT2D eigenvalue weighted by atomic mass is 16.1. The number of unbranched alkanes of at least 4 members (excludes halogenated alkanes) is 2. The molecule has 0 saturated heterocycles. The fourth-order valence-corrected chi connectivity index (χ4v) is 5.55. The van der Waals surface area contributed by atoms with Crippen LogP contribution in [0.4, 0.5) is 0 Å². The average molecular weight is 372 g/mol. The van der Waals surface area contributed by atoms with Gasteiger partial charge < -0.3 is 5.32 Å². The van der Waals surface area contributed by atoms with Gasteiger partial charge in [0.25, 0.3) is 0 Å². The fourth-order valence-electron chi connectivity index (χ4n) is 5.55. The molecule has 2 heteroatoms. The summed E-state index contributed by atoms with van der Waals surface area (Å²) in [5.41, 5.74) is 1.02. The van der Waals surface area contributed by atoms with E-state index in [4.69, 9.17) is 0 Å². The first kappa shape index (κ1) is 20.7. The number of nitrogens with one attached hydrogen (secondary N) is 1. The maximum Gasteiger partial charge on any atom is 0.227 e. The minimum absolute atomic E-state index is 0.236. The maximum atomic E-state index is 12.6. The smallest absolute Gasteiger partial charge is 0.227 e. The number of hydrogen-bond acceptors (Lipinski definition) is 1. The predicted octanol–water partition coefficient (Wildman–Crippen LogP) is 6.78. The van der Waals surface area contributed by atoms with Crippen molar-refractivity contribution in [2.45, 2.75) is 97.3 Å². The van der Waals surface area contributed by atoms with E-state index in [-0.39, 0.29) is 11.8 Å². The first-order valence-corrected chi connectivity index (χ1v) is 11.8. The lowest BCUT2D eigenvalue weighted by Gasteiger charge is -2.37. The highest BCUT2D eigenvalue weighted by molar-refractivity contribution is 5.81. The van der Waals surface area contributed by atoms with Crippen molar-refractivity contribution in [2.75, 3.05) is 0 Å². The van der Waals surface area contributed by atoms with E-state index in [0.717, 1.165) is 42.7 Å². The second kappa shape index (κ2) is 10.5. The molecule has 1 N–H and O–H groups in total. The van der Waals surface area contributed by atoms with E-state index < -0.39 is 0 Å². The summed E-state index contributed by atoms with van der Waals surface area (Å²) in [6.07, 6.45) is 23.7. The molecule has 3 aliphatic carbocycles. The van der Waals surface area contributed by atoms with E-state index >= 15 is 0 Å². The molecule has 0 aromatic rings. The zero-order chi connectivity index (χ0) is 19.1. The molecule has 152 valence electrons. The van der Waals surface area contributed by atoms with Crippen molar-refractivity contribution in [3.8, 4) is 0 Å². The number of hydrogen-bond donors (Lipinski definition) is 1. The molecule has 3 rings (SSSR count). The monoisotopic (exact) mass is 371 g/mol. The molecule has 1 unspecified atom stereocenters. The van der Waals surface area contributed by atoms with Gasteiger partial charge in [-0.15, -0.1) is 0 Å². The van der Waals surface area contributed by atoms with E-state index in [1.807, 2.05) is 0 Å². The first-order chi connectivity index (χ1) is 13.2. The Kier molecular flexibility index (Phi) is 8.03. The number of amides is 1. The third-order valence-corrected chi connectivity index (χ3v) is 7.50. The van der Waals surface area contributed by atoms with Gasteiger partial charge in [0.1, 0.15) is 0 Å². The highest BCUT2D eigenvalue weighted by Gasteiger charge is 2.32. The molecule has 1 amide bonds. The zero-order valence-electron chi connectivity index (χ0n) is 17.7. The van der Waals surface area contributed by atoms with Crippen molar-refractivity contribution in [1.82, 2.24) is 5.32 Å². The molecule has 0 aromatic heterocycles. The van der Waals surface area contributed by atoms with Crippen molar-refractivity contribution in [2.24, 2.45) is 29.6 Å². The molecule has 2 fully saturated rings. The molecule has 27 heavy (non-hydrogen) atoms. The summed E-state index contributed by atoms with van der Waals surface area (Å²) in [6.45, 7) is 4.52. The van der Waals surface area contributed by atoms with Crippen molar-refractivity contribution in [3.05, 3.63) is 23.9 Å². The summed E-state index contributed by atoms with van der Waals surface area (Å²) in [7, 11) is 0. The normalized spacial score (nSPS) is 34.1. The number of carbonyl (C=O) groups is 1. The lowest BCUT2D eigenvalue weighted by atomic mass is 9.68. The zero-order valence-corrected chi connectivity index (χ0v) is 17.7. The summed E-state index contributed by atoms with van der Waals surface area (Å²) in [6, 6.07) is 0. The SMILES string of the molecule is CCCCCC1CCC(C2CCC(C(=O)NC3=CCC(C)C=C3)CC2)CC1. The van der Waals surface area contributed by atoms with Crippen LogP contribution in [-0.4, -0.2) is 5.91 Å². The minimum Gasteiger partial charge on any atom is -0.326 e. The van der Waals surface area contributed by atoms with Crippen molar-refractivity contribution in [3.63, 3.8) is 0 Å². The van der Waals surface area contributed by atoms with Crippen LogP contribution >= 0.6 is 0 Å². The second-order valence-electron chi connectivity index (χ2n) is 9.61. The van der Waals surface area contributed by atoms with E-state index in [2.05, 4.69) is 37.4 Å². The molecule has 0 radical (unpaired) electrons. The predicted molar refractivity (Wildman–Crippen MR) is 114 cm³/mol. The maximum absolute atomic E-state index is 12.6. The molecule has 0 heterocycles. The van der Waals surface area contributed by atoms with E-state index in [9.17, 15) is 4.79 Å². The fraction of sp³-hybridized carbons (Fsp3) is 0.800. The summed E-state index contributed by atoms with van der Waals surface area (Å²) in [5, 5.41) is 3.17. The molecule has 2 nitrogen and oxygen atoms in total.